The number of hydrogen-bond acceptors (Lipinski definition) is 5. The third-order valence-corrected chi connectivity index (χ3v) is 6.49. The van der Waals surface area contributed by atoms with Crippen LogP contribution < -0.4 is 0 Å². The van der Waals surface area contributed by atoms with Crippen molar-refractivity contribution in [3.63, 3.8) is 0 Å². The highest BCUT2D eigenvalue weighted by atomic mass is 35.5. The number of carbonyl (C=O) groups is 2. The normalized spacial score (nSPS) is 17.1. The Bertz CT molecular complexity index is 1060. The summed E-state index contributed by atoms with van der Waals surface area (Å²) in [4.78, 5) is 28.4. The van der Waals surface area contributed by atoms with E-state index in [1.165, 1.54) is 18.4 Å². The number of methoxy groups -OCH3 is 1. The highest BCUT2D eigenvalue weighted by Crippen LogP contribution is 2.34. The Morgan fingerprint density at radius 1 is 1.29 bits per heavy atom. The minimum atomic E-state index is -0.516. The molecule has 0 radical (unpaired) electrons. The summed E-state index contributed by atoms with van der Waals surface area (Å²) >= 11 is 7.72. The SMILES string of the molecule is COC(=O)C1CCCCN1C(=O)c1cc2c(C)nn(-c3ccccc3Cl)c2s1. The molecule has 1 aromatic carbocycles. The van der Waals surface area contributed by atoms with Gasteiger partial charge in [0.05, 0.1) is 28.4 Å². The zero-order valence-corrected chi connectivity index (χ0v) is 17.2. The van der Waals surface area contributed by atoms with Gasteiger partial charge in [-0.05, 0) is 44.4 Å². The Labute approximate surface area is 171 Å². The van der Waals surface area contributed by atoms with Gasteiger partial charge >= 0.3 is 5.97 Å². The van der Waals surface area contributed by atoms with E-state index < -0.39 is 6.04 Å². The molecule has 2 aromatic heterocycles. The summed E-state index contributed by atoms with van der Waals surface area (Å²) in [5.41, 5.74) is 1.60. The lowest BCUT2D eigenvalue weighted by Gasteiger charge is -2.33. The lowest BCUT2D eigenvalue weighted by molar-refractivity contribution is -0.147. The number of piperidine rings is 1. The molecule has 1 atom stereocenters. The summed E-state index contributed by atoms with van der Waals surface area (Å²) in [6.07, 6.45) is 2.43. The Kier molecular flexibility index (Phi) is 5.12. The van der Waals surface area contributed by atoms with Gasteiger partial charge in [0.1, 0.15) is 10.9 Å². The highest BCUT2D eigenvalue weighted by Gasteiger charge is 2.34. The molecule has 1 amide bonds. The highest BCUT2D eigenvalue weighted by molar-refractivity contribution is 7.20. The van der Waals surface area contributed by atoms with Gasteiger partial charge in [-0.1, -0.05) is 23.7 Å². The molecule has 1 aliphatic rings. The van der Waals surface area contributed by atoms with E-state index in [4.69, 9.17) is 16.3 Å². The number of halogens is 1. The fraction of sp³-hybridized carbons (Fsp3) is 0.350. The number of hydrogen-bond donors (Lipinski definition) is 0. The number of fused-ring (bicyclic) bond motifs is 1. The maximum absolute atomic E-state index is 13.2. The molecule has 3 heterocycles. The number of para-hydroxylation sites is 1. The van der Waals surface area contributed by atoms with Crippen LogP contribution in [-0.2, 0) is 9.53 Å². The molecule has 8 heteroatoms. The molecule has 146 valence electrons. The van der Waals surface area contributed by atoms with Crippen LogP contribution in [0.15, 0.2) is 30.3 Å². The van der Waals surface area contributed by atoms with Gasteiger partial charge in [0, 0.05) is 11.9 Å². The van der Waals surface area contributed by atoms with Gasteiger partial charge in [-0.3, -0.25) is 4.79 Å². The monoisotopic (exact) mass is 417 g/mol. The number of thiophene rings is 1. The molecule has 0 N–H and O–H groups in total. The molecule has 0 saturated carbocycles. The lowest BCUT2D eigenvalue weighted by Crippen LogP contribution is -2.48. The second-order valence-corrected chi connectivity index (χ2v) is 8.25. The van der Waals surface area contributed by atoms with Crippen LogP contribution >= 0.6 is 22.9 Å². The second kappa shape index (κ2) is 7.56. The number of amides is 1. The average molecular weight is 418 g/mol. The average Bonchev–Trinajstić information content (AvgIpc) is 3.28. The largest absolute Gasteiger partial charge is 0.467 e. The van der Waals surface area contributed by atoms with E-state index in [0.29, 0.717) is 22.9 Å². The Balaban J connectivity index is 1.74. The number of benzene rings is 1. The molecular weight excluding hydrogens is 398 g/mol. The quantitative estimate of drug-likeness (QED) is 0.598. The minimum absolute atomic E-state index is 0.138. The molecule has 0 spiro atoms. The molecule has 0 aliphatic carbocycles. The number of carbonyl (C=O) groups excluding carboxylic acids is 2. The molecule has 1 fully saturated rings. The van der Waals surface area contributed by atoms with E-state index in [1.54, 1.807) is 9.58 Å². The standard InChI is InChI=1S/C20H20ClN3O3S/c1-12-13-11-17(18(25)23-10-6-5-9-16(23)20(26)27-2)28-19(13)24(22-12)15-8-4-3-7-14(15)21/h3-4,7-8,11,16H,5-6,9-10H2,1-2H3. The number of aromatic nitrogens is 2. The van der Waals surface area contributed by atoms with E-state index in [9.17, 15) is 9.59 Å². The zero-order chi connectivity index (χ0) is 19.8. The molecule has 3 aromatic rings. The van der Waals surface area contributed by atoms with E-state index in [1.807, 2.05) is 37.3 Å². The zero-order valence-electron chi connectivity index (χ0n) is 15.6. The van der Waals surface area contributed by atoms with Crippen molar-refractivity contribution in [1.82, 2.24) is 14.7 Å². The molecule has 4 rings (SSSR count). The van der Waals surface area contributed by atoms with E-state index in [0.717, 1.165) is 34.4 Å². The topological polar surface area (TPSA) is 64.4 Å². The number of esters is 1. The number of rotatable bonds is 3. The van der Waals surface area contributed by atoms with Crippen LogP contribution in [0.2, 0.25) is 5.02 Å². The predicted molar refractivity (Wildman–Crippen MR) is 109 cm³/mol. The van der Waals surface area contributed by atoms with Crippen molar-refractivity contribution in [3.8, 4) is 5.69 Å². The lowest BCUT2D eigenvalue weighted by atomic mass is 10.0. The van der Waals surface area contributed by atoms with Crippen molar-refractivity contribution in [2.24, 2.45) is 0 Å². The smallest absolute Gasteiger partial charge is 0.328 e. The van der Waals surface area contributed by atoms with Crippen molar-refractivity contribution in [2.45, 2.75) is 32.2 Å². The van der Waals surface area contributed by atoms with Gasteiger partial charge in [-0.2, -0.15) is 5.10 Å². The summed E-state index contributed by atoms with van der Waals surface area (Å²) in [6, 6.07) is 8.82. The van der Waals surface area contributed by atoms with Crippen molar-refractivity contribution in [3.05, 3.63) is 45.9 Å². The summed E-state index contributed by atoms with van der Waals surface area (Å²) < 4.78 is 6.68. The molecular formula is C20H20ClN3O3S. The first-order valence-corrected chi connectivity index (χ1v) is 10.3. The Morgan fingerprint density at radius 2 is 2.07 bits per heavy atom. The summed E-state index contributed by atoms with van der Waals surface area (Å²) in [5.74, 6) is -0.492. The summed E-state index contributed by atoms with van der Waals surface area (Å²) in [7, 11) is 1.36. The second-order valence-electron chi connectivity index (χ2n) is 6.81. The number of likely N-dealkylation sites (tertiary alicyclic amines) is 1. The van der Waals surface area contributed by atoms with Crippen molar-refractivity contribution < 1.29 is 14.3 Å². The molecule has 0 bridgehead atoms. The maximum atomic E-state index is 13.2. The van der Waals surface area contributed by atoms with Gasteiger partial charge in [-0.25, -0.2) is 9.48 Å². The fourth-order valence-electron chi connectivity index (χ4n) is 3.64. The third-order valence-electron chi connectivity index (χ3n) is 5.07. The van der Waals surface area contributed by atoms with Crippen LogP contribution in [0.1, 0.15) is 34.6 Å². The van der Waals surface area contributed by atoms with E-state index >= 15 is 0 Å². The van der Waals surface area contributed by atoms with Crippen LogP contribution in [0.4, 0.5) is 0 Å². The Hall–Kier alpha value is -2.38. The number of aryl methyl sites for hydroxylation is 1. The van der Waals surface area contributed by atoms with Crippen LogP contribution in [0.3, 0.4) is 0 Å². The van der Waals surface area contributed by atoms with E-state index in [-0.39, 0.29) is 11.9 Å². The summed E-state index contributed by atoms with van der Waals surface area (Å²) in [5, 5.41) is 6.10. The van der Waals surface area contributed by atoms with Gasteiger partial charge in [0.2, 0.25) is 0 Å². The molecule has 6 nitrogen and oxygen atoms in total. The molecule has 1 saturated heterocycles. The summed E-state index contributed by atoms with van der Waals surface area (Å²) in [6.45, 7) is 2.47. The molecule has 1 aliphatic heterocycles. The van der Waals surface area contributed by atoms with Crippen molar-refractivity contribution in [2.75, 3.05) is 13.7 Å². The van der Waals surface area contributed by atoms with E-state index in [2.05, 4.69) is 5.10 Å². The van der Waals surface area contributed by atoms with Crippen molar-refractivity contribution in [1.29, 1.82) is 0 Å². The maximum Gasteiger partial charge on any atom is 0.328 e. The molecule has 1 unspecified atom stereocenters. The van der Waals surface area contributed by atoms with Crippen LogP contribution in [0.5, 0.6) is 0 Å². The van der Waals surface area contributed by atoms with Crippen LogP contribution in [-0.4, -0.2) is 46.3 Å². The first kappa shape index (κ1) is 19.0. The Morgan fingerprint density at radius 3 is 2.82 bits per heavy atom. The van der Waals surface area contributed by atoms with Gasteiger partial charge in [0.15, 0.2) is 0 Å². The van der Waals surface area contributed by atoms with Crippen LogP contribution in [0.25, 0.3) is 15.9 Å². The van der Waals surface area contributed by atoms with Gasteiger partial charge < -0.3 is 9.64 Å². The minimum Gasteiger partial charge on any atom is -0.467 e. The fourth-order valence-corrected chi connectivity index (χ4v) is 4.98. The number of ether oxygens (including phenoxy) is 1. The first-order chi connectivity index (χ1) is 13.5. The third kappa shape index (κ3) is 3.18. The predicted octanol–water partition coefficient (Wildman–Crippen LogP) is 4.22. The van der Waals surface area contributed by atoms with Gasteiger partial charge in [-0.15, -0.1) is 11.3 Å². The van der Waals surface area contributed by atoms with Crippen LogP contribution in [0, 0.1) is 6.92 Å². The van der Waals surface area contributed by atoms with Crippen molar-refractivity contribution >= 4 is 45.0 Å². The molecule has 28 heavy (non-hydrogen) atoms. The van der Waals surface area contributed by atoms with Gasteiger partial charge in [0.25, 0.3) is 5.91 Å². The first-order valence-electron chi connectivity index (χ1n) is 9.14. The number of nitrogens with zero attached hydrogens (tertiary/aromatic N) is 3.